The zero-order valence-electron chi connectivity index (χ0n) is 7.30. The van der Waals surface area contributed by atoms with Crippen LogP contribution in [0.1, 0.15) is 0 Å². The molecule has 0 spiro atoms. The lowest BCUT2D eigenvalue weighted by molar-refractivity contribution is 0.433. The molecule has 0 atom stereocenters. The monoisotopic (exact) mass is 338 g/mol. The van der Waals surface area contributed by atoms with Crippen molar-refractivity contribution >= 4 is 40.0 Å². The Balaban J connectivity index is 2.69. The van der Waals surface area contributed by atoms with Crippen LogP contribution in [-0.4, -0.2) is 5.16 Å². The molecule has 1 aromatic heterocycles. The van der Waals surface area contributed by atoms with Crippen molar-refractivity contribution in [3.05, 3.63) is 32.6 Å². The maximum absolute atomic E-state index is 13.5. The highest BCUT2D eigenvalue weighted by Crippen LogP contribution is 2.35. The average Bonchev–Trinajstić information content (AvgIpc) is 2.49. The number of halogens is 3. The zero-order valence-corrected chi connectivity index (χ0v) is 10.2. The van der Waals surface area contributed by atoms with Crippen LogP contribution in [0, 0.1) is 9.39 Å². The summed E-state index contributed by atoms with van der Waals surface area (Å²) >= 11 is 7.80. The molecule has 0 unspecified atom stereocenters. The second-order valence-electron chi connectivity index (χ2n) is 2.81. The smallest absolute Gasteiger partial charge is 0.186 e. The summed E-state index contributed by atoms with van der Waals surface area (Å²) in [5.74, 6) is 0.0256. The highest BCUT2D eigenvalue weighted by Gasteiger charge is 2.19. The Labute approximate surface area is 104 Å². The lowest BCUT2D eigenvalue weighted by Crippen LogP contribution is -1.88. The van der Waals surface area contributed by atoms with Crippen LogP contribution in [0.5, 0.6) is 0 Å². The minimum absolute atomic E-state index is 0.188. The van der Waals surface area contributed by atoms with E-state index in [9.17, 15) is 4.39 Å². The Morgan fingerprint density at radius 2 is 2.20 bits per heavy atom. The predicted molar refractivity (Wildman–Crippen MR) is 64.0 cm³/mol. The maximum Gasteiger partial charge on any atom is 0.186 e. The van der Waals surface area contributed by atoms with Crippen LogP contribution >= 0.6 is 34.2 Å². The van der Waals surface area contributed by atoms with Crippen molar-refractivity contribution in [1.29, 1.82) is 0 Å². The summed E-state index contributed by atoms with van der Waals surface area (Å²) in [6.07, 6.45) is 0. The topological polar surface area (TPSA) is 52.0 Å². The number of nitrogens with two attached hydrogens (primary N) is 1. The summed E-state index contributed by atoms with van der Waals surface area (Å²) in [4.78, 5) is 0. The van der Waals surface area contributed by atoms with Gasteiger partial charge in [0.1, 0.15) is 9.39 Å². The number of nitrogens with zero attached hydrogens (tertiary/aromatic N) is 1. The standard InChI is InChI=1S/C9H5ClFIN2O/c10-4-2-1-3-5(11)6(4)8-7(12)9(13)14-15-8/h1-3H,(H2,13,14). The number of hydrogen-bond donors (Lipinski definition) is 1. The van der Waals surface area contributed by atoms with Gasteiger partial charge in [-0.1, -0.05) is 22.8 Å². The van der Waals surface area contributed by atoms with E-state index in [1.807, 2.05) is 22.6 Å². The zero-order chi connectivity index (χ0) is 11.0. The Kier molecular flexibility index (Phi) is 2.83. The van der Waals surface area contributed by atoms with Crippen LogP contribution in [-0.2, 0) is 0 Å². The van der Waals surface area contributed by atoms with E-state index in [2.05, 4.69) is 5.16 Å². The molecule has 3 nitrogen and oxygen atoms in total. The van der Waals surface area contributed by atoms with Gasteiger partial charge in [-0.15, -0.1) is 0 Å². The SMILES string of the molecule is Nc1noc(-c2c(F)cccc2Cl)c1I. The van der Waals surface area contributed by atoms with Gasteiger partial charge in [-0.05, 0) is 34.7 Å². The minimum atomic E-state index is -0.462. The molecule has 1 heterocycles. The molecule has 0 aliphatic rings. The quantitative estimate of drug-likeness (QED) is 0.812. The number of hydrogen-bond acceptors (Lipinski definition) is 3. The molecule has 78 valence electrons. The third-order valence-electron chi connectivity index (χ3n) is 1.85. The van der Waals surface area contributed by atoms with Crippen molar-refractivity contribution in [2.24, 2.45) is 0 Å². The normalized spacial score (nSPS) is 10.6. The molecule has 2 rings (SSSR count). The molecule has 6 heteroatoms. The molecular formula is C9H5ClFIN2O. The lowest BCUT2D eigenvalue weighted by atomic mass is 10.1. The number of nitrogen functional groups attached to an aromatic ring is 1. The first-order chi connectivity index (χ1) is 7.11. The molecule has 0 fully saturated rings. The van der Waals surface area contributed by atoms with E-state index in [-0.39, 0.29) is 22.2 Å². The highest BCUT2D eigenvalue weighted by molar-refractivity contribution is 14.1. The van der Waals surface area contributed by atoms with Crippen LogP contribution in [0.4, 0.5) is 10.2 Å². The third kappa shape index (κ3) is 1.81. The third-order valence-corrected chi connectivity index (χ3v) is 3.21. The molecule has 0 saturated carbocycles. The lowest BCUT2D eigenvalue weighted by Gasteiger charge is -2.01. The number of anilines is 1. The summed E-state index contributed by atoms with van der Waals surface area (Å²) in [6.45, 7) is 0. The predicted octanol–water partition coefficient (Wildman–Crippen LogP) is 3.32. The molecule has 2 aromatic rings. The van der Waals surface area contributed by atoms with Crippen molar-refractivity contribution in [2.45, 2.75) is 0 Å². The van der Waals surface area contributed by atoms with E-state index >= 15 is 0 Å². The van der Waals surface area contributed by atoms with Gasteiger partial charge >= 0.3 is 0 Å². The molecule has 0 aliphatic carbocycles. The van der Waals surface area contributed by atoms with E-state index in [0.29, 0.717) is 3.57 Å². The van der Waals surface area contributed by atoms with Crippen molar-refractivity contribution in [3.8, 4) is 11.3 Å². The Morgan fingerprint density at radius 1 is 1.47 bits per heavy atom. The minimum Gasteiger partial charge on any atom is -0.380 e. The van der Waals surface area contributed by atoms with Crippen molar-refractivity contribution < 1.29 is 8.91 Å². The van der Waals surface area contributed by atoms with Crippen LogP contribution in [0.3, 0.4) is 0 Å². The van der Waals surface area contributed by atoms with E-state index < -0.39 is 5.82 Å². The van der Waals surface area contributed by atoms with Gasteiger partial charge in [-0.25, -0.2) is 4.39 Å². The Bertz CT molecular complexity index is 495. The fourth-order valence-corrected chi connectivity index (χ4v) is 1.88. The number of aromatic nitrogens is 1. The van der Waals surface area contributed by atoms with Gasteiger partial charge in [-0.2, -0.15) is 0 Å². The summed E-state index contributed by atoms with van der Waals surface area (Å²) in [7, 11) is 0. The van der Waals surface area contributed by atoms with Crippen molar-refractivity contribution in [3.63, 3.8) is 0 Å². The second-order valence-corrected chi connectivity index (χ2v) is 4.29. The summed E-state index contributed by atoms with van der Waals surface area (Å²) in [6, 6.07) is 4.40. The number of benzene rings is 1. The van der Waals surface area contributed by atoms with Gasteiger partial charge in [0.05, 0.1) is 10.6 Å². The van der Waals surface area contributed by atoms with Gasteiger partial charge in [-0.3, -0.25) is 0 Å². The van der Waals surface area contributed by atoms with Crippen LogP contribution in [0.25, 0.3) is 11.3 Å². The first-order valence-corrected chi connectivity index (χ1v) is 5.42. The Hall–Kier alpha value is -0.820. The number of rotatable bonds is 1. The molecule has 0 radical (unpaired) electrons. The Morgan fingerprint density at radius 3 is 2.73 bits per heavy atom. The van der Waals surface area contributed by atoms with Crippen LogP contribution < -0.4 is 5.73 Å². The highest BCUT2D eigenvalue weighted by atomic mass is 127. The second kappa shape index (κ2) is 3.97. The van der Waals surface area contributed by atoms with Gasteiger partial charge in [0, 0.05) is 0 Å². The van der Waals surface area contributed by atoms with Crippen LogP contribution in [0.15, 0.2) is 22.7 Å². The molecule has 0 bridgehead atoms. The molecule has 1 aromatic carbocycles. The van der Waals surface area contributed by atoms with E-state index in [4.69, 9.17) is 21.9 Å². The van der Waals surface area contributed by atoms with Crippen molar-refractivity contribution in [1.82, 2.24) is 5.16 Å². The fraction of sp³-hybridized carbons (Fsp3) is 0. The van der Waals surface area contributed by atoms with Gasteiger partial charge in [0.2, 0.25) is 0 Å². The van der Waals surface area contributed by atoms with E-state index in [1.54, 1.807) is 6.07 Å². The fourth-order valence-electron chi connectivity index (χ4n) is 1.16. The largest absolute Gasteiger partial charge is 0.380 e. The average molecular weight is 339 g/mol. The maximum atomic E-state index is 13.5. The summed E-state index contributed by atoms with van der Waals surface area (Å²) in [5, 5.41) is 3.81. The van der Waals surface area contributed by atoms with Crippen LogP contribution in [0.2, 0.25) is 5.02 Å². The molecule has 0 aliphatic heterocycles. The first kappa shape index (κ1) is 10.7. The molecule has 2 N–H and O–H groups in total. The van der Waals surface area contributed by atoms with E-state index in [0.717, 1.165) is 0 Å². The molecule has 0 saturated heterocycles. The molecular weight excluding hydrogens is 333 g/mol. The summed E-state index contributed by atoms with van der Waals surface area (Å²) < 4.78 is 19.0. The molecule has 0 amide bonds. The first-order valence-electron chi connectivity index (χ1n) is 3.96. The van der Waals surface area contributed by atoms with E-state index in [1.165, 1.54) is 12.1 Å². The van der Waals surface area contributed by atoms with Crippen molar-refractivity contribution in [2.75, 3.05) is 5.73 Å². The summed E-state index contributed by atoms with van der Waals surface area (Å²) in [5.41, 5.74) is 5.69. The van der Waals surface area contributed by atoms with Gasteiger partial charge in [0.15, 0.2) is 11.6 Å². The van der Waals surface area contributed by atoms with Gasteiger partial charge in [0.25, 0.3) is 0 Å². The molecule has 15 heavy (non-hydrogen) atoms. The van der Waals surface area contributed by atoms with Gasteiger partial charge < -0.3 is 10.3 Å².